The van der Waals surface area contributed by atoms with Gasteiger partial charge in [-0.1, -0.05) is 121 Å². The van der Waals surface area contributed by atoms with E-state index in [0.29, 0.717) is 11.4 Å². The summed E-state index contributed by atoms with van der Waals surface area (Å²) in [6.07, 6.45) is 0. The minimum absolute atomic E-state index is 0.662. The van der Waals surface area contributed by atoms with Crippen molar-refractivity contribution in [1.29, 1.82) is 0 Å². The summed E-state index contributed by atoms with van der Waals surface area (Å²) in [6, 6.07) is 103. The zero-order chi connectivity index (χ0) is 56.3. The first-order valence-electron chi connectivity index (χ1n) is 27.8. The predicted octanol–water partition coefficient (Wildman–Crippen LogP) is 19.0. The summed E-state index contributed by atoms with van der Waals surface area (Å²) in [5, 5.41) is 7.44. The molecule has 13 rings (SSSR count). The van der Waals surface area contributed by atoms with Crippen LogP contribution in [0.5, 0.6) is 11.5 Å². The number of methoxy groups -OCH3 is 2. The summed E-state index contributed by atoms with van der Waals surface area (Å²) in [6.45, 7) is 0. The normalized spacial score (nSPS) is 11.9. The van der Waals surface area contributed by atoms with E-state index in [9.17, 15) is 0 Å². The van der Waals surface area contributed by atoms with Gasteiger partial charge in [-0.25, -0.2) is 0 Å². The molecule has 0 heterocycles. The van der Waals surface area contributed by atoms with E-state index in [1.165, 1.54) is 0 Å². The molecular weight excluding hydrogens is 1020 g/mol. The maximum atomic E-state index is 6.74. The Kier molecular flexibility index (Phi) is 13.8. The maximum Gasteiger partial charge on any atom is 0.119 e. The van der Waals surface area contributed by atoms with Crippen LogP contribution in [-0.4, -0.2) is 14.2 Å². The molecule has 83 heavy (non-hydrogen) atoms. The van der Waals surface area contributed by atoms with Crippen LogP contribution in [0.3, 0.4) is 0 Å². The molecule has 0 spiro atoms. The highest BCUT2D eigenvalue weighted by atomic mass is 16.5. The first-order chi connectivity index (χ1) is 40.8. The molecule has 8 nitrogen and oxygen atoms in total. The number of ether oxygens (including phenoxy) is 2. The van der Waals surface area contributed by atoms with Gasteiger partial charge in [0, 0.05) is 79.4 Å². The number of hydrogen-bond donors (Lipinski definition) is 4. The van der Waals surface area contributed by atoms with E-state index < -0.39 is 5.41 Å². The van der Waals surface area contributed by atoms with Crippen LogP contribution >= 0.6 is 0 Å². The van der Waals surface area contributed by atoms with Crippen LogP contribution < -0.4 is 41.4 Å². The highest BCUT2D eigenvalue weighted by molar-refractivity contribution is 5.94. The molecule has 0 fully saturated rings. The second-order valence-corrected chi connectivity index (χ2v) is 20.7. The molecule has 8 heteroatoms. The predicted molar refractivity (Wildman–Crippen MR) is 345 cm³/mol. The van der Waals surface area contributed by atoms with Crippen LogP contribution in [-0.2, 0) is 5.41 Å². The SMILES string of the molecule is COc1ccc(Nc2ccc(N)cc2-c2ccc3c(c2)C(c2ccc(N(c4ccccc4)c4ccccc4)cc2)(c2ccc(N(c4ccccc4)c4ccccc4)cc2)c2cc(-c4cc(N)ccc4Nc4ccc(OC)cc4)ccc2-3)cc1. The number of nitrogens with two attached hydrogens (primary N) is 2. The molecule has 0 bridgehead atoms. The molecule has 0 radical (unpaired) electrons. The highest BCUT2D eigenvalue weighted by Gasteiger charge is 2.47. The van der Waals surface area contributed by atoms with Gasteiger partial charge < -0.3 is 41.4 Å². The van der Waals surface area contributed by atoms with Crippen LogP contribution in [0.2, 0.25) is 0 Å². The summed E-state index contributed by atoms with van der Waals surface area (Å²) < 4.78 is 11.0. The van der Waals surface area contributed by atoms with Gasteiger partial charge in [-0.2, -0.15) is 0 Å². The molecule has 0 saturated carbocycles. The Labute approximate surface area is 485 Å². The number of fused-ring (bicyclic) bond motifs is 3. The molecule has 12 aromatic rings. The van der Waals surface area contributed by atoms with Crippen LogP contribution in [0.25, 0.3) is 33.4 Å². The van der Waals surface area contributed by atoms with E-state index in [2.05, 4.69) is 251 Å². The molecular formula is C75H60N6O2. The topological polar surface area (TPSA) is 101 Å². The number of nitrogens with one attached hydrogen (secondary N) is 2. The van der Waals surface area contributed by atoms with Gasteiger partial charge in [0.15, 0.2) is 0 Å². The number of nitrogen functional groups attached to an aromatic ring is 2. The van der Waals surface area contributed by atoms with Crippen LogP contribution in [0, 0.1) is 0 Å². The molecule has 0 amide bonds. The summed E-state index contributed by atoms with van der Waals surface area (Å²) in [5.41, 5.74) is 34.6. The van der Waals surface area contributed by atoms with Gasteiger partial charge in [-0.05, 0) is 214 Å². The number of rotatable bonds is 16. The fourth-order valence-corrected chi connectivity index (χ4v) is 11.9. The first-order valence-corrected chi connectivity index (χ1v) is 27.8. The van der Waals surface area contributed by atoms with Crippen molar-refractivity contribution in [2.75, 3.05) is 46.1 Å². The number of para-hydroxylation sites is 4. The molecule has 0 aromatic heterocycles. The average molecular weight is 1080 g/mol. The van der Waals surface area contributed by atoms with E-state index >= 15 is 0 Å². The monoisotopic (exact) mass is 1080 g/mol. The summed E-state index contributed by atoms with van der Waals surface area (Å²) >= 11 is 0. The Morgan fingerprint density at radius 2 is 0.639 bits per heavy atom. The van der Waals surface area contributed by atoms with Crippen molar-refractivity contribution in [3.8, 4) is 44.9 Å². The van der Waals surface area contributed by atoms with Gasteiger partial charge in [-0.15, -0.1) is 0 Å². The van der Waals surface area contributed by atoms with Gasteiger partial charge in [0.1, 0.15) is 11.5 Å². The van der Waals surface area contributed by atoms with Gasteiger partial charge >= 0.3 is 0 Å². The van der Waals surface area contributed by atoms with Crippen molar-refractivity contribution in [1.82, 2.24) is 0 Å². The maximum absolute atomic E-state index is 6.74. The fourth-order valence-electron chi connectivity index (χ4n) is 11.9. The Morgan fingerprint density at radius 1 is 0.313 bits per heavy atom. The third-order valence-corrected chi connectivity index (χ3v) is 15.8. The number of hydrogen-bond acceptors (Lipinski definition) is 8. The third kappa shape index (κ3) is 9.89. The Bertz CT molecular complexity index is 3860. The minimum atomic E-state index is -0.893. The lowest BCUT2D eigenvalue weighted by Gasteiger charge is -2.35. The molecule has 1 aliphatic carbocycles. The lowest BCUT2D eigenvalue weighted by molar-refractivity contribution is 0.415. The molecule has 0 atom stereocenters. The van der Waals surface area contributed by atoms with E-state index in [1.807, 2.05) is 60.7 Å². The van der Waals surface area contributed by atoms with E-state index in [1.54, 1.807) is 14.2 Å². The lowest BCUT2D eigenvalue weighted by atomic mass is 9.67. The zero-order valence-electron chi connectivity index (χ0n) is 46.1. The van der Waals surface area contributed by atoms with E-state index in [-0.39, 0.29) is 0 Å². The van der Waals surface area contributed by atoms with Crippen molar-refractivity contribution >= 4 is 68.2 Å². The van der Waals surface area contributed by atoms with Crippen molar-refractivity contribution < 1.29 is 9.47 Å². The molecule has 0 unspecified atom stereocenters. The summed E-state index contributed by atoms with van der Waals surface area (Å²) in [4.78, 5) is 4.63. The minimum Gasteiger partial charge on any atom is -0.497 e. The summed E-state index contributed by atoms with van der Waals surface area (Å²) in [7, 11) is 3.36. The van der Waals surface area contributed by atoms with E-state index in [0.717, 1.165) is 124 Å². The van der Waals surface area contributed by atoms with Gasteiger partial charge in [0.05, 0.1) is 19.6 Å². The van der Waals surface area contributed by atoms with Gasteiger partial charge in [-0.3, -0.25) is 0 Å². The first kappa shape index (κ1) is 51.5. The number of anilines is 12. The third-order valence-electron chi connectivity index (χ3n) is 15.8. The number of nitrogens with zero attached hydrogens (tertiary/aromatic N) is 2. The quantitative estimate of drug-likeness (QED) is 0.0710. The largest absolute Gasteiger partial charge is 0.497 e. The van der Waals surface area contributed by atoms with E-state index in [4.69, 9.17) is 20.9 Å². The van der Waals surface area contributed by atoms with Crippen molar-refractivity contribution in [3.63, 3.8) is 0 Å². The lowest BCUT2D eigenvalue weighted by Crippen LogP contribution is -2.29. The van der Waals surface area contributed by atoms with Crippen molar-refractivity contribution in [2.24, 2.45) is 0 Å². The fraction of sp³-hybridized carbons (Fsp3) is 0.0400. The molecule has 0 saturated heterocycles. The molecule has 6 N–H and O–H groups in total. The summed E-state index contributed by atoms with van der Waals surface area (Å²) in [5.74, 6) is 1.57. The van der Waals surface area contributed by atoms with Gasteiger partial charge in [0.25, 0.3) is 0 Å². The van der Waals surface area contributed by atoms with Crippen molar-refractivity contribution in [2.45, 2.75) is 5.41 Å². The second kappa shape index (κ2) is 22.3. The zero-order valence-corrected chi connectivity index (χ0v) is 46.1. The van der Waals surface area contributed by atoms with Crippen LogP contribution in [0.1, 0.15) is 22.3 Å². The standard InChI is InChI=1S/C75H60N6O2/c1-82-65-39-31-57(32-40-65)78-73-45-29-55(76)49-69(73)51-23-43-67-68-44-24-52(70-50-56(77)30-46-74(70)79-58-33-41-66(83-2)42-34-58)48-72(68)75(71(67)47-51,53-25-35-63(36-26-53)80(59-15-7-3-8-16-59)60-17-9-4-10-18-60)54-27-37-64(38-28-54)81(61-19-11-5-12-20-61)62-21-13-6-14-22-62/h3-50,78-79H,76-77H2,1-2H3. The Hall–Kier alpha value is -11.0. The molecule has 12 aromatic carbocycles. The molecule has 1 aliphatic rings. The van der Waals surface area contributed by atoms with Crippen LogP contribution in [0.15, 0.2) is 291 Å². The Balaban J connectivity index is 1.06. The smallest absolute Gasteiger partial charge is 0.119 e. The molecule has 0 aliphatic heterocycles. The average Bonchev–Trinajstić information content (AvgIpc) is 1.70. The van der Waals surface area contributed by atoms with Gasteiger partial charge in [0.2, 0.25) is 0 Å². The Morgan fingerprint density at radius 3 is 0.964 bits per heavy atom. The van der Waals surface area contributed by atoms with Crippen molar-refractivity contribution in [3.05, 3.63) is 313 Å². The second-order valence-electron chi connectivity index (χ2n) is 20.7. The van der Waals surface area contributed by atoms with Crippen LogP contribution in [0.4, 0.5) is 68.2 Å². The number of benzene rings is 12. The highest BCUT2D eigenvalue weighted by Crippen LogP contribution is 2.59. The molecule has 402 valence electrons.